The van der Waals surface area contributed by atoms with Crippen LogP contribution in [-0.4, -0.2) is 6.61 Å². The lowest BCUT2D eigenvalue weighted by Crippen LogP contribution is -1.97. The summed E-state index contributed by atoms with van der Waals surface area (Å²) >= 11 is 3.27. The monoisotopic (exact) mass is 282 g/mol. The molecule has 0 aliphatic heterocycles. The van der Waals surface area contributed by atoms with Gasteiger partial charge in [0.05, 0.1) is 6.61 Å². The van der Waals surface area contributed by atoms with Gasteiger partial charge in [-0.25, -0.2) is 0 Å². The van der Waals surface area contributed by atoms with Crippen molar-refractivity contribution in [3.05, 3.63) is 34.8 Å². The van der Waals surface area contributed by atoms with Gasteiger partial charge < -0.3 is 4.74 Å². The van der Waals surface area contributed by atoms with Gasteiger partial charge >= 0.3 is 0 Å². The molecule has 1 nitrogen and oxygen atoms in total. The topological polar surface area (TPSA) is 9.23 Å². The van der Waals surface area contributed by atoms with E-state index in [1.54, 1.807) is 0 Å². The first kappa shape index (κ1) is 13.3. The zero-order valence-electron chi connectivity index (χ0n) is 9.79. The van der Waals surface area contributed by atoms with Crippen molar-refractivity contribution in [2.24, 2.45) is 0 Å². The van der Waals surface area contributed by atoms with E-state index < -0.39 is 0 Å². The largest absolute Gasteiger partial charge is 0.494 e. The van der Waals surface area contributed by atoms with Crippen molar-refractivity contribution in [3.63, 3.8) is 0 Å². The summed E-state index contributed by atoms with van der Waals surface area (Å²) in [5, 5.41) is 0. The van der Waals surface area contributed by atoms with Crippen LogP contribution < -0.4 is 4.74 Å². The first-order chi connectivity index (χ1) is 7.86. The Morgan fingerprint density at radius 2 is 2.12 bits per heavy atom. The van der Waals surface area contributed by atoms with Crippen molar-refractivity contribution in [2.75, 3.05) is 6.61 Å². The van der Waals surface area contributed by atoms with E-state index in [4.69, 9.17) is 4.74 Å². The third kappa shape index (κ3) is 5.36. The van der Waals surface area contributed by atoms with E-state index >= 15 is 0 Å². The van der Waals surface area contributed by atoms with Gasteiger partial charge in [0.25, 0.3) is 0 Å². The zero-order chi connectivity index (χ0) is 11.6. The molecule has 0 fully saturated rings. The summed E-state index contributed by atoms with van der Waals surface area (Å²) in [7, 11) is 0. The molecule has 0 aliphatic rings. The van der Waals surface area contributed by atoms with E-state index in [-0.39, 0.29) is 0 Å². The van der Waals surface area contributed by atoms with Gasteiger partial charge in [-0.1, -0.05) is 54.2 Å². The molecule has 1 rings (SSSR count). The van der Waals surface area contributed by atoms with E-state index in [1.165, 1.54) is 19.3 Å². The minimum Gasteiger partial charge on any atom is -0.494 e. The van der Waals surface area contributed by atoms with Crippen LogP contribution in [0.15, 0.2) is 29.3 Å². The standard InChI is InChI=1S/C14H19BrO/c1-2-3-4-5-11-16-14-8-6-7-13(12-14)9-10-15/h6-10,12H,2-5,11H2,1H3/b10-9+. The van der Waals surface area contributed by atoms with Crippen LogP contribution in [0.2, 0.25) is 0 Å². The Morgan fingerprint density at radius 1 is 1.25 bits per heavy atom. The second kappa shape index (κ2) is 8.40. The van der Waals surface area contributed by atoms with Crippen LogP contribution in [0.1, 0.15) is 38.2 Å². The fraction of sp³-hybridized carbons (Fsp3) is 0.429. The molecule has 1 aromatic carbocycles. The number of halogens is 1. The summed E-state index contributed by atoms with van der Waals surface area (Å²) in [5.74, 6) is 0.958. The fourth-order valence-corrected chi connectivity index (χ4v) is 1.80. The molecule has 0 aliphatic carbocycles. The molecule has 16 heavy (non-hydrogen) atoms. The predicted octanol–water partition coefficient (Wildman–Crippen LogP) is 5.01. The lowest BCUT2D eigenvalue weighted by molar-refractivity contribution is 0.305. The first-order valence-corrected chi connectivity index (χ1v) is 6.78. The second-order valence-corrected chi connectivity index (χ2v) is 4.30. The highest BCUT2D eigenvalue weighted by atomic mass is 79.9. The Bertz CT molecular complexity index is 320. The normalized spacial score (nSPS) is 10.9. The van der Waals surface area contributed by atoms with Crippen molar-refractivity contribution in [2.45, 2.75) is 32.6 Å². The molecule has 0 amide bonds. The molecule has 0 bridgehead atoms. The molecule has 0 saturated heterocycles. The second-order valence-electron chi connectivity index (χ2n) is 3.77. The Labute approximate surface area is 107 Å². The maximum Gasteiger partial charge on any atom is 0.119 e. The average Bonchev–Trinajstić information content (AvgIpc) is 2.30. The van der Waals surface area contributed by atoms with Gasteiger partial charge in [-0.3, -0.25) is 0 Å². The zero-order valence-corrected chi connectivity index (χ0v) is 11.4. The van der Waals surface area contributed by atoms with Crippen LogP contribution in [0, 0.1) is 0 Å². The summed E-state index contributed by atoms with van der Waals surface area (Å²) in [4.78, 5) is 1.85. The van der Waals surface area contributed by atoms with Gasteiger partial charge in [-0.15, -0.1) is 0 Å². The molecule has 88 valence electrons. The summed E-state index contributed by atoms with van der Waals surface area (Å²) in [6, 6.07) is 8.13. The number of benzene rings is 1. The van der Waals surface area contributed by atoms with Gasteiger partial charge in [0, 0.05) is 0 Å². The van der Waals surface area contributed by atoms with Crippen LogP contribution in [0.4, 0.5) is 0 Å². The van der Waals surface area contributed by atoms with Crippen molar-refractivity contribution in [1.29, 1.82) is 0 Å². The van der Waals surface area contributed by atoms with E-state index in [9.17, 15) is 0 Å². The summed E-state index contributed by atoms with van der Waals surface area (Å²) in [5.41, 5.74) is 1.16. The predicted molar refractivity (Wildman–Crippen MR) is 74.0 cm³/mol. The highest BCUT2D eigenvalue weighted by molar-refractivity contribution is 9.11. The molecule has 1 aromatic rings. The summed E-state index contributed by atoms with van der Waals surface area (Å²) in [6.07, 6.45) is 6.98. The highest BCUT2D eigenvalue weighted by Crippen LogP contribution is 2.15. The smallest absolute Gasteiger partial charge is 0.119 e. The molecule has 0 heterocycles. The van der Waals surface area contributed by atoms with Crippen LogP contribution >= 0.6 is 15.9 Å². The van der Waals surface area contributed by atoms with E-state index in [1.807, 2.05) is 23.2 Å². The molecular formula is C14H19BrO. The van der Waals surface area contributed by atoms with Crippen molar-refractivity contribution >= 4 is 22.0 Å². The van der Waals surface area contributed by atoms with Crippen molar-refractivity contribution in [1.82, 2.24) is 0 Å². The molecule has 0 spiro atoms. The Balaban J connectivity index is 2.33. The van der Waals surface area contributed by atoms with Crippen molar-refractivity contribution < 1.29 is 4.74 Å². The SMILES string of the molecule is CCCCCCOc1cccc(/C=C/Br)c1. The summed E-state index contributed by atoms with van der Waals surface area (Å²) < 4.78 is 5.69. The number of unbranched alkanes of at least 4 members (excludes halogenated alkanes) is 3. The lowest BCUT2D eigenvalue weighted by atomic mass is 10.2. The molecule has 0 saturated carbocycles. The Hall–Kier alpha value is -0.760. The number of hydrogen-bond acceptors (Lipinski definition) is 1. The first-order valence-electron chi connectivity index (χ1n) is 5.86. The van der Waals surface area contributed by atoms with Gasteiger partial charge in [0.1, 0.15) is 5.75 Å². The molecule has 2 heteroatoms. The van der Waals surface area contributed by atoms with Crippen LogP contribution in [0.3, 0.4) is 0 Å². The molecular weight excluding hydrogens is 264 g/mol. The quantitative estimate of drug-likeness (QED) is 0.639. The minimum atomic E-state index is 0.821. The number of hydrogen-bond donors (Lipinski definition) is 0. The Morgan fingerprint density at radius 3 is 2.88 bits per heavy atom. The molecule has 0 N–H and O–H groups in total. The van der Waals surface area contributed by atoms with Crippen LogP contribution in [0.25, 0.3) is 6.08 Å². The number of rotatable bonds is 7. The maximum absolute atomic E-state index is 5.69. The van der Waals surface area contributed by atoms with E-state index in [0.29, 0.717) is 0 Å². The van der Waals surface area contributed by atoms with Gasteiger partial charge in [-0.05, 0) is 35.2 Å². The van der Waals surface area contributed by atoms with Gasteiger partial charge in [0.2, 0.25) is 0 Å². The van der Waals surface area contributed by atoms with Gasteiger partial charge in [-0.2, -0.15) is 0 Å². The molecule has 0 radical (unpaired) electrons. The van der Waals surface area contributed by atoms with Crippen LogP contribution in [0.5, 0.6) is 5.75 Å². The third-order valence-electron chi connectivity index (χ3n) is 2.38. The maximum atomic E-state index is 5.69. The molecule has 0 aromatic heterocycles. The summed E-state index contributed by atoms with van der Waals surface area (Å²) in [6.45, 7) is 3.04. The minimum absolute atomic E-state index is 0.821. The fourth-order valence-electron chi connectivity index (χ4n) is 1.50. The molecule has 0 unspecified atom stereocenters. The van der Waals surface area contributed by atoms with E-state index in [0.717, 1.165) is 24.3 Å². The highest BCUT2D eigenvalue weighted by Gasteiger charge is 1.94. The average molecular weight is 283 g/mol. The molecule has 0 atom stereocenters. The number of ether oxygens (including phenoxy) is 1. The third-order valence-corrected chi connectivity index (χ3v) is 2.64. The van der Waals surface area contributed by atoms with E-state index in [2.05, 4.69) is 35.0 Å². The lowest BCUT2D eigenvalue weighted by Gasteiger charge is -2.06. The van der Waals surface area contributed by atoms with Gasteiger partial charge in [0.15, 0.2) is 0 Å². The van der Waals surface area contributed by atoms with Crippen molar-refractivity contribution in [3.8, 4) is 5.75 Å². The van der Waals surface area contributed by atoms with Crippen LogP contribution in [-0.2, 0) is 0 Å². The Kier molecular flexibility index (Phi) is 6.98.